The lowest BCUT2D eigenvalue weighted by Crippen LogP contribution is -2.42. The molecule has 8 heteroatoms. The van der Waals surface area contributed by atoms with Crippen LogP contribution in [0.2, 0.25) is 0 Å². The molecule has 35 heavy (non-hydrogen) atoms. The maximum absolute atomic E-state index is 13.1. The molecule has 7 nitrogen and oxygen atoms in total. The predicted molar refractivity (Wildman–Crippen MR) is 139 cm³/mol. The monoisotopic (exact) mass is 493 g/mol. The fourth-order valence-corrected chi connectivity index (χ4v) is 5.03. The number of amides is 1. The molecule has 0 bridgehead atoms. The molecular weight excluding hydrogens is 462 g/mol. The first kappa shape index (κ1) is 24.9. The minimum absolute atomic E-state index is 0.0764. The molecule has 4 rings (SSSR count). The van der Waals surface area contributed by atoms with Crippen molar-refractivity contribution >= 4 is 34.5 Å². The Hall–Kier alpha value is -3.26. The minimum atomic E-state index is -0.324. The van der Waals surface area contributed by atoms with E-state index < -0.39 is 0 Å². The zero-order valence-corrected chi connectivity index (χ0v) is 21.1. The third-order valence-corrected chi connectivity index (χ3v) is 6.73. The van der Waals surface area contributed by atoms with Crippen LogP contribution in [0.1, 0.15) is 38.8 Å². The smallest absolute Gasteiger partial charge is 0.338 e. The van der Waals surface area contributed by atoms with Crippen LogP contribution in [-0.4, -0.2) is 47.5 Å². The molecule has 0 unspecified atom stereocenters. The fourth-order valence-electron chi connectivity index (χ4n) is 4.01. The van der Waals surface area contributed by atoms with Crippen molar-refractivity contribution in [1.29, 1.82) is 0 Å². The molecule has 2 aromatic carbocycles. The highest BCUT2D eigenvalue weighted by molar-refractivity contribution is 8.13. The van der Waals surface area contributed by atoms with Crippen molar-refractivity contribution in [2.45, 2.75) is 33.2 Å². The van der Waals surface area contributed by atoms with Crippen molar-refractivity contribution in [1.82, 2.24) is 4.90 Å². The number of nitrogens with zero attached hydrogens (tertiary/aromatic N) is 2. The zero-order chi connectivity index (χ0) is 24.8. The van der Waals surface area contributed by atoms with E-state index in [1.54, 1.807) is 11.8 Å². The summed E-state index contributed by atoms with van der Waals surface area (Å²) in [4.78, 5) is 32.4. The van der Waals surface area contributed by atoms with Crippen LogP contribution >= 0.6 is 11.8 Å². The first-order valence-electron chi connectivity index (χ1n) is 11.9. The number of benzene rings is 2. The molecule has 2 aromatic rings. The standard InChI is InChI=1S/C27H31N3O4S/c1-18(2)16-34-26(32)24-19(3)28-27-30(14-7-15-35-27)25(24)20-10-12-21(13-11-20)29-23(31)17-33-22-8-5-4-6-9-22/h4-6,8-13,18,25H,7,14-17H2,1-3H3,(H,29,31)/t25-/m1/s1. The molecule has 1 atom stereocenters. The predicted octanol–water partition coefficient (Wildman–Crippen LogP) is 5.03. The van der Waals surface area contributed by atoms with Gasteiger partial charge in [0.05, 0.1) is 23.9 Å². The van der Waals surface area contributed by atoms with E-state index in [0.29, 0.717) is 29.3 Å². The number of carbonyl (C=O) groups is 2. The van der Waals surface area contributed by atoms with Crippen LogP contribution in [0.25, 0.3) is 0 Å². The number of ether oxygens (including phenoxy) is 2. The molecule has 184 valence electrons. The number of amidine groups is 1. The number of hydrogen-bond donors (Lipinski definition) is 1. The van der Waals surface area contributed by atoms with E-state index >= 15 is 0 Å². The van der Waals surface area contributed by atoms with Gasteiger partial charge in [0.2, 0.25) is 0 Å². The normalized spacial score (nSPS) is 17.5. The second-order valence-electron chi connectivity index (χ2n) is 8.96. The van der Waals surface area contributed by atoms with E-state index in [2.05, 4.69) is 10.2 Å². The first-order valence-corrected chi connectivity index (χ1v) is 12.8. The lowest BCUT2D eigenvalue weighted by Gasteiger charge is -2.40. The van der Waals surface area contributed by atoms with Crippen LogP contribution < -0.4 is 10.1 Å². The molecule has 0 aromatic heterocycles. The van der Waals surface area contributed by atoms with Gasteiger partial charge in [0.1, 0.15) is 5.75 Å². The highest BCUT2D eigenvalue weighted by Crippen LogP contribution is 2.40. The van der Waals surface area contributed by atoms with Gasteiger partial charge in [-0.3, -0.25) is 4.79 Å². The number of allylic oxidation sites excluding steroid dienone is 1. The molecule has 0 spiro atoms. The van der Waals surface area contributed by atoms with Crippen LogP contribution in [0.5, 0.6) is 5.75 Å². The first-order chi connectivity index (χ1) is 16.9. The lowest BCUT2D eigenvalue weighted by atomic mass is 9.94. The van der Waals surface area contributed by atoms with Gasteiger partial charge in [0.25, 0.3) is 5.91 Å². The zero-order valence-electron chi connectivity index (χ0n) is 20.3. The van der Waals surface area contributed by atoms with E-state index in [-0.39, 0.29) is 30.4 Å². The van der Waals surface area contributed by atoms with Gasteiger partial charge in [-0.25, -0.2) is 9.79 Å². The Morgan fingerprint density at radius 1 is 1.14 bits per heavy atom. The average molecular weight is 494 g/mol. The summed E-state index contributed by atoms with van der Waals surface area (Å²) >= 11 is 1.72. The second kappa shape index (κ2) is 11.4. The van der Waals surface area contributed by atoms with Crippen LogP contribution in [0, 0.1) is 5.92 Å². The molecule has 0 radical (unpaired) electrons. The molecule has 1 N–H and O–H groups in total. The van der Waals surface area contributed by atoms with Gasteiger partial charge in [0, 0.05) is 18.0 Å². The number of rotatable bonds is 8. The molecule has 0 saturated carbocycles. The summed E-state index contributed by atoms with van der Waals surface area (Å²) < 4.78 is 11.1. The Bertz CT molecular complexity index is 1110. The van der Waals surface area contributed by atoms with Gasteiger partial charge in [-0.15, -0.1) is 0 Å². The number of anilines is 1. The number of aliphatic imine (C=N–C) groups is 1. The van der Waals surface area contributed by atoms with Crippen molar-refractivity contribution in [2.75, 3.05) is 30.8 Å². The maximum atomic E-state index is 13.1. The SMILES string of the molecule is CC1=C(C(=O)OCC(C)C)[C@@H](c2ccc(NC(=O)COc3ccccc3)cc2)N2CCCSC2=N1. The number of esters is 1. The lowest BCUT2D eigenvalue weighted by molar-refractivity contribution is -0.140. The van der Waals surface area contributed by atoms with E-state index in [9.17, 15) is 9.59 Å². The molecule has 0 aliphatic carbocycles. The number of fused-ring (bicyclic) bond motifs is 1. The molecule has 1 fully saturated rings. The molecule has 1 amide bonds. The fraction of sp³-hybridized carbons (Fsp3) is 0.370. The topological polar surface area (TPSA) is 80.2 Å². The largest absolute Gasteiger partial charge is 0.484 e. The van der Waals surface area contributed by atoms with E-state index in [0.717, 1.165) is 29.4 Å². The highest BCUT2D eigenvalue weighted by atomic mass is 32.2. The van der Waals surface area contributed by atoms with E-state index in [4.69, 9.17) is 14.5 Å². The van der Waals surface area contributed by atoms with Crippen molar-refractivity contribution in [3.05, 3.63) is 71.4 Å². The number of carbonyl (C=O) groups excluding carboxylic acids is 2. The van der Waals surface area contributed by atoms with Crippen LogP contribution in [0.15, 0.2) is 70.9 Å². The quantitative estimate of drug-likeness (QED) is 0.520. The summed E-state index contributed by atoms with van der Waals surface area (Å²) in [5.41, 5.74) is 2.89. The molecule has 2 aliphatic heterocycles. The average Bonchev–Trinajstić information content (AvgIpc) is 2.86. The molecular formula is C27H31N3O4S. The Morgan fingerprint density at radius 2 is 1.89 bits per heavy atom. The molecule has 2 heterocycles. The summed E-state index contributed by atoms with van der Waals surface area (Å²) in [5.74, 6) is 1.34. The summed E-state index contributed by atoms with van der Waals surface area (Å²) in [7, 11) is 0. The third-order valence-electron chi connectivity index (χ3n) is 5.65. The summed E-state index contributed by atoms with van der Waals surface area (Å²) in [6.45, 7) is 7.02. The van der Waals surface area contributed by atoms with Crippen LogP contribution in [0.3, 0.4) is 0 Å². The van der Waals surface area contributed by atoms with Crippen LogP contribution in [0.4, 0.5) is 5.69 Å². The Morgan fingerprint density at radius 3 is 2.60 bits per heavy atom. The van der Waals surface area contributed by atoms with Gasteiger partial charge >= 0.3 is 5.97 Å². The number of nitrogens with one attached hydrogen (secondary N) is 1. The summed E-state index contributed by atoms with van der Waals surface area (Å²) in [6, 6.07) is 16.5. The number of hydrogen-bond acceptors (Lipinski definition) is 7. The highest BCUT2D eigenvalue weighted by Gasteiger charge is 2.38. The number of para-hydroxylation sites is 1. The van der Waals surface area contributed by atoms with E-state index in [1.807, 2.05) is 75.4 Å². The van der Waals surface area contributed by atoms with Gasteiger partial charge in [0.15, 0.2) is 11.8 Å². The summed E-state index contributed by atoms with van der Waals surface area (Å²) in [6.07, 6.45) is 1.02. The van der Waals surface area contributed by atoms with Crippen molar-refractivity contribution in [2.24, 2.45) is 10.9 Å². The Labute approximate surface area is 210 Å². The van der Waals surface area contributed by atoms with Crippen molar-refractivity contribution in [3.8, 4) is 5.75 Å². The Balaban J connectivity index is 1.50. The van der Waals surface area contributed by atoms with Gasteiger partial charge in [-0.2, -0.15) is 0 Å². The van der Waals surface area contributed by atoms with Gasteiger partial charge in [-0.05, 0) is 49.1 Å². The third kappa shape index (κ3) is 6.25. The van der Waals surface area contributed by atoms with Crippen molar-refractivity contribution < 1.29 is 19.1 Å². The molecule has 1 saturated heterocycles. The maximum Gasteiger partial charge on any atom is 0.338 e. The van der Waals surface area contributed by atoms with E-state index in [1.165, 1.54) is 0 Å². The minimum Gasteiger partial charge on any atom is -0.484 e. The van der Waals surface area contributed by atoms with Gasteiger partial charge in [-0.1, -0.05) is 55.9 Å². The Kier molecular flexibility index (Phi) is 8.13. The van der Waals surface area contributed by atoms with Crippen LogP contribution in [-0.2, 0) is 14.3 Å². The summed E-state index contributed by atoms with van der Waals surface area (Å²) in [5, 5.41) is 3.80. The second-order valence-corrected chi connectivity index (χ2v) is 10.0. The number of thioether (sulfide) groups is 1. The van der Waals surface area contributed by atoms with Gasteiger partial charge < -0.3 is 19.7 Å². The van der Waals surface area contributed by atoms with Crippen molar-refractivity contribution in [3.63, 3.8) is 0 Å². The molecule has 2 aliphatic rings.